The van der Waals surface area contributed by atoms with E-state index in [1.54, 1.807) is 0 Å². The van der Waals surface area contributed by atoms with Crippen LogP contribution in [0.25, 0.3) is 0 Å². The average molecular weight is 290 g/mol. The topological polar surface area (TPSA) is 23.6 Å². The van der Waals surface area contributed by atoms with Gasteiger partial charge in [-0.05, 0) is 46.5 Å². The van der Waals surface area contributed by atoms with Crippen molar-refractivity contribution in [1.29, 1.82) is 0 Å². The molecule has 0 aliphatic carbocycles. The van der Waals surface area contributed by atoms with Crippen LogP contribution in [-0.4, -0.2) is 54.9 Å². The minimum absolute atomic E-state index is 0.0857. The molecule has 0 aliphatic rings. The summed E-state index contributed by atoms with van der Waals surface area (Å²) in [5, 5.41) is 0. The van der Waals surface area contributed by atoms with Gasteiger partial charge in [0.25, 0.3) is 0 Å². The number of carbonyl (C=O) groups is 1. The van der Waals surface area contributed by atoms with Crippen LogP contribution in [0.3, 0.4) is 0 Å². The number of Topliss-reactive ketones (excluding diaryl/α,β-unsaturated/α-hetero) is 1. The molecule has 0 spiro atoms. The highest BCUT2D eigenvalue weighted by Gasteiger charge is 2.25. The molecule has 2 atom stereocenters. The lowest BCUT2D eigenvalue weighted by atomic mass is 10.0. The van der Waals surface area contributed by atoms with E-state index >= 15 is 0 Å². The second-order valence-corrected chi connectivity index (χ2v) is 6.03. The summed E-state index contributed by atoms with van der Waals surface area (Å²) in [4.78, 5) is 17.1. The van der Waals surface area contributed by atoms with Crippen molar-refractivity contribution in [2.75, 3.05) is 27.2 Å². The maximum absolute atomic E-state index is 12.7. The fourth-order valence-electron chi connectivity index (χ4n) is 2.90. The summed E-state index contributed by atoms with van der Waals surface area (Å²) >= 11 is 0. The van der Waals surface area contributed by atoms with Gasteiger partial charge in [-0.1, -0.05) is 38.1 Å². The van der Waals surface area contributed by atoms with Crippen molar-refractivity contribution in [2.45, 2.75) is 46.2 Å². The van der Waals surface area contributed by atoms with E-state index in [-0.39, 0.29) is 11.8 Å². The quantitative estimate of drug-likeness (QED) is 0.687. The Labute approximate surface area is 129 Å². The number of nitrogens with zero attached hydrogens (tertiary/aromatic N) is 2. The first-order valence-electron chi connectivity index (χ1n) is 7.94. The molecule has 0 amide bonds. The Morgan fingerprint density at radius 2 is 1.67 bits per heavy atom. The smallest absolute Gasteiger partial charge is 0.179 e. The second kappa shape index (κ2) is 8.30. The van der Waals surface area contributed by atoms with Crippen LogP contribution in [0.2, 0.25) is 0 Å². The second-order valence-electron chi connectivity index (χ2n) is 6.03. The monoisotopic (exact) mass is 290 g/mol. The van der Waals surface area contributed by atoms with E-state index < -0.39 is 0 Å². The number of aryl methyl sites for hydroxylation is 1. The van der Waals surface area contributed by atoms with Crippen LogP contribution in [-0.2, 0) is 6.42 Å². The number of likely N-dealkylation sites (N-methyl/N-ethyl adjacent to an activating group) is 2. The SMILES string of the molecule is CCc1ccc(C(=O)C(C)N(CC)C(C)CN(C)C)cc1. The molecule has 0 saturated heterocycles. The summed E-state index contributed by atoms with van der Waals surface area (Å²) in [5.41, 5.74) is 2.09. The van der Waals surface area contributed by atoms with E-state index in [2.05, 4.69) is 56.8 Å². The number of hydrogen-bond donors (Lipinski definition) is 0. The third-order valence-corrected chi connectivity index (χ3v) is 4.08. The van der Waals surface area contributed by atoms with Crippen molar-refractivity contribution in [3.05, 3.63) is 35.4 Å². The molecule has 3 heteroatoms. The van der Waals surface area contributed by atoms with Crippen molar-refractivity contribution in [1.82, 2.24) is 9.80 Å². The van der Waals surface area contributed by atoms with Crippen LogP contribution in [0, 0.1) is 0 Å². The van der Waals surface area contributed by atoms with Gasteiger partial charge in [0.15, 0.2) is 5.78 Å². The molecule has 0 aromatic heterocycles. The van der Waals surface area contributed by atoms with Gasteiger partial charge in [-0.2, -0.15) is 0 Å². The van der Waals surface area contributed by atoms with Gasteiger partial charge in [-0.15, -0.1) is 0 Å². The fourth-order valence-corrected chi connectivity index (χ4v) is 2.90. The van der Waals surface area contributed by atoms with Crippen molar-refractivity contribution >= 4 is 5.78 Å². The van der Waals surface area contributed by atoms with E-state index in [0.29, 0.717) is 6.04 Å². The zero-order valence-electron chi connectivity index (χ0n) is 14.4. The summed E-state index contributed by atoms with van der Waals surface area (Å²) < 4.78 is 0. The third-order valence-electron chi connectivity index (χ3n) is 4.08. The Morgan fingerprint density at radius 3 is 2.10 bits per heavy atom. The van der Waals surface area contributed by atoms with Gasteiger partial charge in [0.05, 0.1) is 6.04 Å². The molecule has 0 radical (unpaired) electrons. The molecule has 3 nitrogen and oxygen atoms in total. The van der Waals surface area contributed by atoms with E-state index in [0.717, 1.165) is 25.1 Å². The van der Waals surface area contributed by atoms with Crippen LogP contribution < -0.4 is 0 Å². The van der Waals surface area contributed by atoms with Gasteiger partial charge in [-0.3, -0.25) is 9.69 Å². The summed E-state index contributed by atoms with van der Waals surface area (Å²) in [6.07, 6.45) is 1.00. The van der Waals surface area contributed by atoms with Gasteiger partial charge < -0.3 is 4.90 Å². The molecule has 21 heavy (non-hydrogen) atoms. The largest absolute Gasteiger partial charge is 0.308 e. The minimum Gasteiger partial charge on any atom is -0.308 e. The zero-order valence-corrected chi connectivity index (χ0v) is 14.4. The maximum Gasteiger partial charge on any atom is 0.179 e. The van der Waals surface area contributed by atoms with Gasteiger partial charge in [-0.25, -0.2) is 0 Å². The Balaban J connectivity index is 2.82. The molecule has 0 heterocycles. The number of ketones is 1. The first kappa shape index (κ1) is 17.9. The van der Waals surface area contributed by atoms with Crippen molar-refractivity contribution in [2.24, 2.45) is 0 Å². The molecule has 1 rings (SSSR count). The molecular weight excluding hydrogens is 260 g/mol. The summed E-state index contributed by atoms with van der Waals surface area (Å²) in [7, 11) is 4.14. The van der Waals surface area contributed by atoms with Crippen LogP contribution in [0.15, 0.2) is 24.3 Å². The predicted molar refractivity (Wildman–Crippen MR) is 90.0 cm³/mol. The molecule has 0 saturated carbocycles. The third kappa shape index (κ3) is 4.94. The van der Waals surface area contributed by atoms with Crippen molar-refractivity contribution < 1.29 is 4.79 Å². The lowest BCUT2D eigenvalue weighted by Gasteiger charge is -2.34. The standard InChI is InChI=1S/C18H30N2O/c1-7-16-9-11-17(12-10-16)18(21)15(4)20(8-2)14(3)13-19(5)6/h9-12,14-15H,7-8,13H2,1-6H3. The molecule has 1 aromatic carbocycles. The van der Waals surface area contributed by atoms with E-state index in [9.17, 15) is 4.79 Å². The maximum atomic E-state index is 12.7. The first-order valence-corrected chi connectivity index (χ1v) is 7.94. The Morgan fingerprint density at radius 1 is 1.10 bits per heavy atom. The van der Waals surface area contributed by atoms with Gasteiger partial charge in [0, 0.05) is 18.2 Å². The first-order chi connectivity index (χ1) is 9.90. The lowest BCUT2D eigenvalue weighted by molar-refractivity contribution is 0.0756. The fraction of sp³-hybridized carbons (Fsp3) is 0.611. The van der Waals surface area contributed by atoms with Gasteiger partial charge in [0.2, 0.25) is 0 Å². The van der Waals surface area contributed by atoms with Crippen molar-refractivity contribution in [3.8, 4) is 0 Å². The van der Waals surface area contributed by atoms with E-state index in [4.69, 9.17) is 0 Å². The number of hydrogen-bond acceptors (Lipinski definition) is 3. The van der Waals surface area contributed by atoms with E-state index in [1.807, 2.05) is 19.1 Å². The number of carbonyl (C=O) groups excluding carboxylic acids is 1. The molecule has 2 unspecified atom stereocenters. The predicted octanol–water partition coefficient (Wildman–Crippen LogP) is 3.09. The highest BCUT2D eigenvalue weighted by Crippen LogP contribution is 2.14. The molecule has 1 aromatic rings. The van der Waals surface area contributed by atoms with Gasteiger partial charge >= 0.3 is 0 Å². The summed E-state index contributed by atoms with van der Waals surface area (Å²) in [5.74, 6) is 0.213. The van der Waals surface area contributed by atoms with Gasteiger partial charge in [0.1, 0.15) is 0 Å². The van der Waals surface area contributed by atoms with E-state index in [1.165, 1.54) is 5.56 Å². The zero-order chi connectivity index (χ0) is 16.0. The van der Waals surface area contributed by atoms with Crippen LogP contribution in [0.4, 0.5) is 0 Å². The molecule has 0 aliphatic heterocycles. The van der Waals surface area contributed by atoms with Crippen LogP contribution >= 0.6 is 0 Å². The average Bonchev–Trinajstić information content (AvgIpc) is 2.46. The van der Waals surface area contributed by atoms with Crippen molar-refractivity contribution in [3.63, 3.8) is 0 Å². The van der Waals surface area contributed by atoms with Crippen LogP contribution in [0.1, 0.15) is 43.6 Å². The molecule has 0 bridgehead atoms. The number of benzene rings is 1. The lowest BCUT2D eigenvalue weighted by Crippen LogP contribution is -2.48. The Hall–Kier alpha value is -1.19. The minimum atomic E-state index is -0.0857. The Bertz CT molecular complexity index is 439. The molecular formula is C18H30N2O. The summed E-state index contributed by atoms with van der Waals surface area (Å²) in [6.45, 7) is 10.3. The molecule has 118 valence electrons. The highest BCUT2D eigenvalue weighted by atomic mass is 16.1. The molecule has 0 fully saturated rings. The highest BCUT2D eigenvalue weighted by molar-refractivity contribution is 5.99. The summed E-state index contributed by atoms with van der Waals surface area (Å²) in [6, 6.07) is 8.31. The number of rotatable bonds is 8. The normalized spacial score (nSPS) is 14.5. The van der Waals surface area contributed by atoms with Crippen LogP contribution in [0.5, 0.6) is 0 Å². The Kier molecular flexibility index (Phi) is 7.06. The molecule has 0 N–H and O–H groups in total.